The lowest BCUT2D eigenvalue weighted by atomic mass is 9.83. The molecule has 1 aromatic carbocycles. The standard InChI is InChI=1S/C21H25N3O3/c1-13(21(26)27)17-11-23-9-10-24(18-12-22-7-5-14(18)6-8-22)20(25)16-4-2-3-15(17)19(16)23/h2-4,11,13-14,18H,5-10,12H2,1H3,(H,26,27)/t13-,18?/m0/s1. The Labute approximate surface area is 158 Å². The van der Waals surface area contributed by atoms with Crippen molar-refractivity contribution in [3.63, 3.8) is 0 Å². The van der Waals surface area contributed by atoms with Gasteiger partial charge in [-0.3, -0.25) is 9.59 Å². The molecule has 1 aromatic heterocycles. The summed E-state index contributed by atoms with van der Waals surface area (Å²) in [7, 11) is 0. The van der Waals surface area contributed by atoms with E-state index >= 15 is 0 Å². The summed E-state index contributed by atoms with van der Waals surface area (Å²) in [5.41, 5.74) is 2.41. The Morgan fingerprint density at radius 3 is 2.63 bits per heavy atom. The van der Waals surface area contributed by atoms with Gasteiger partial charge in [0.2, 0.25) is 0 Å². The molecule has 4 aliphatic heterocycles. The number of carboxylic acid groups (broad SMARTS) is 1. The van der Waals surface area contributed by atoms with Gasteiger partial charge in [-0.1, -0.05) is 12.1 Å². The predicted molar refractivity (Wildman–Crippen MR) is 102 cm³/mol. The molecule has 1 N–H and O–H groups in total. The first-order chi connectivity index (χ1) is 13.0. The number of hydrogen-bond acceptors (Lipinski definition) is 3. The Hall–Kier alpha value is -2.34. The summed E-state index contributed by atoms with van der Waals surface area (Å²) in [6.45, 7) is 6.43. The second-order valence-corrected chi connectivity index (χ2v) is 8.24. The second-order valence-electron chi connectivity index (χ2n) is 8.24. The third-order valence-corrected chi connectivity index (χ3v) is 6.86. The lowest BCUT2D eigenvalue weighted by Gasteiger charge is -2.48. The van der Waals surface area contributed by atoms with Crippen molar-refractivity contribution in [3.8, 4) is 0 Å². The fourth-order valence-corrected chi connectivity index (χ4v) is 5.29. The second kappa shape index (κ2) is 6.09. The Bertz CT molecular complexity index is 926. The highest BCUT2D eigenvalue weighted by Crippen LogP contribution is 2.36. The van der Waals surface area contributed by atoms with Crippen LogP contribution in [-0.4, -0.2) is 63.6 Å². The van der Waals surface area contributed by atoms with Crippen molar-refractivity contribution in [2.75, 3.05) is 26.2 Å². The van der Waals surface area contributed by atoms with Crippen molar-refractivity contribution in [1.29, 1.82) is 0 Å². The fraction of sp³-hybridized carbons (Fsp3) is 0.524. The van der Waals surface area contributed by atoms with Crippen LogP contribution in [0.1, 0.15) is 41.6 Å². The van der Waals surface area contributed by atoms with E-state index < -0.39 is 11.9 Å². The van der Waals surface area contributed by atoms with Gasteiger partial charge in [0, 0.05) is 37.3 Å². The number of carbonyl (C=O) groups is 2. The van der Waals surface area contributed by atoms with E-state index in [4.69, 9.17) is 0 Å². The van der Waals surface area contributed by atoms with Gasteiger partial charge in [-0.05, 0) is 50.4 Å². The molecule has 2 atom stereocenters. The van der Waals surface area contributed by atoms with Crippen molar-refractivity contribution in [2.45, 2.75) is 38.3 Å². The first kappa shape index (κ1) is 16.8. The lowest BCUT2D eigenvalue weighted by Crippen LogP contribution is -2.58. The van der Waals surface area contributed by atoms with Gasteiger partial charge in [0.05, 0.1) is 17.0 Å². The average molecular weight is 367 g/mol. The molecule has 3 fully saturated rings. The molecule has 3 saturated heterocycles. The molecular formula is C21H25N3O3. The van der Waals surface area contributed by atoms with E-state index in [9.17, 15) is 14.7 Å². The summed E-state index contributed by atoms with van der Waals surface area (Å²) >= 11 is 0. The van der Waals surface area contributed by atoms with Crippen LogP contribution in [0.4, 0.5) is 0 Å². The molecule has 2 bridgehead atoms. The van der Waals surface area contributed by atoms with E-state index in [0.717, 1.165) is 42.6 Å². The van der Waals surface area contributed by atoms with Gasteiger partial charge in [0.25, 0.3) is 5.91 Å². The molecule has 6 heteroatoms. The molecule has 1 amide bonds. The first-order valence-corrected chi connectivity index (χ1v) is 9.92. The molecule has 5 heterocycles. The normalized spacial score (nSPS) is 28.4. The van der Waals surface area contributed by atoms with E-state index in [2.05, 4.69) is 14.4 Å². The number of fused-ring (bicyclic) bond motifs is 3. The van der Waals surface area contributed by atoms with Crippen LogP contribution in [0.5, 0.6) is 0 Å². The minimum Gasteiger partial charge on any atom is -0.481 e. The Morgan fingerprint density at radius 1 is 1.19 bits per heavy atom. The SMILES string of the molecule is C[C@H](C(=O)O)c1cn2c3c(cccc13)C(=O)N(C1CN3CCC1CC3)CC2. The van der Waals surface area contributed by atoms with Gasteiger partial charge in [-0.15, -0.1) is 0 Å². The van der Waals surface area contributed by atoms with Crippen LogP contribution in [0.25, 0.3) is 10.9 Å². The molecule has 2 aromatic rings. The molecule has 0 radical (unpaired) electrons. The third-order valence-electron chi connectivity index (χ3n) is 6.86. The molecule has 142 valence electrons. The van der Waals surface area contributed by atoms with Gasteiger partial charge < -0.3 is 19.5 Å². The van der Waals surface area contributed by atoms with Crippen LogP contribution >= 0.6 is 0 Å². The Balaban J connectivity index is 1.57. The molecule has 4 aliphatic rings. The summed E-state index contributed by atoms with van der Waals surface area (Å²) in [5.74, 6) is -0.711. The topological polar surface area (TPSA) is 65.8 Å². The number of amides is 1. The average Bonchev–Trinajstić information content (AvgIpc) is 3.00. The van der Waals surface area contributed by atoms with Gasteiger partial charge >= 0.3 is 5.97 Å². The smallest absolute Gasteiger partial charge is 0.310 e. The van der Waals surface area contributed by atoms with Gasteiger partial charge in [-0.25, -0.2) is 0 Å². The zero-order valence-electron chi connectivity index (χ0n) is 15.6. The van der Waals surface area contributed by atoms with Gasteiger partial charge in [-0.2, -0.15) is 0 Å². The predicted octanol–water partition coefficient (Wildman–Crippen LogP) is 2.38. The molecule has 0 saturated carbocycles. The van der Waals surface area contributed by atoms with Crippen LogP contribution in [0.15, 0.2) is 24.4 Å². The zero-order valence-corrected chi connectivity index (χ0v) is 15.6. The van der Waals surface area contributed by atoms with Crippen LogP contribution < -0.4 is 0 Å². The number of aliphatic carboxylic acids is 1. The third kappa shape index (κ3) is 2.50. The number of rotatable bonds is 3. The summed E-state index contributed by atoms with van der Waals surface area (Å²) in [6.07, 6.45) is 4.32. The molecule has 27 heavy (non-hydrogen) atoms. The molecule has 6 rings (SSSR count). The zero-order chi connectivity index (χ0) is 18.7. The maximum atomic E-state index is 13.5. The van der Waals surface area contributed by atoms with Crippen molar-refractivity contribution >= 4 is 22.8 Å². The number of carboxylic acids is 1. The number of aromatic nitrogens is 1. The number of hydrogen-bond donors (Lipinski definition) is 1. The van der Waals surface area contributed by atoms with E-state index in [-0.39, 0.29) is 5.91 Å². The Morgan fingerprint density at radius 2 is 1.96 bits per heavy atom. The largest absolute Gasteiger partial charge is 0.481 e. The van der Waals surface area contributed by atoms with E-state index in [0.29, 0.717) is 24.1 Å². The van der Waals surface area contributed by atoms with E-state index in [1.165, 1.54) is 12.8 Å². The molecular weight excluding hydrogens is 342 g/mol. The summed E-state index contributed by atoms with van der Waals surface area (Å²) in [5, 5.41) is 10.3. The molecule has 6 nitrogen and oxygen atoms in total. The number of carbonyl (C=O) groups excluding carboxylic acids is 1. The number of nitrogens with zero attached hydrogens (tertiary/aromatic N) is 3. The summed E-state index contributed by atoms with van der Waals surface area (Å²) < 4.78 is 2.10. The minimum atomic E-state index is -0.836. The quantitative estimate of drug-likeness (QED) is 0.905. The van der Waals surface area contributed by atoms with Crippen molar-refractivity contribution < 1.29 is 14.7 Å². The van der Waals surface area contributed by atoms with E-state index in [1.54, 1.807) is 6.92 Å². The number of piperidine rings is 3. The first-order valence-electron chi connectivity index (χ1n) is 9.92. The summed E-state index contributed by atoms with van der Waals surface area (Å²) in [6, 6.07) is 6.03. The van der Waals surface area contributed by atoms with Crippen LogP contribution in [0.2, 0.25) is 0 Å². The van der Waals surface area contributed by atoms with Crippen molar-refractivity contribution in [2.24, 2.45) is 5.92 Å². The lowest BCUT2D eigenvalue weighted by molar-refractivity contribution is -0.138. The molecule has 1 unspecified atom stereocenters. The van der Waals surface area contributed by atoms with Crippen molar-refractivity contribution in [3.05, 3.63) is 35.5 Å². The maximum absolute atomic E-state index is 13.5. The highest BCUT2D eigenvalue weighted by Gasteiger charge is 2.40. The van der Waals surface area contributed by atoms with Crippen LogP contribution in [-0.2, 0) is 11.3 Å². The van der Waals surface area contributed by atoms with Gasteiger partial charge in [0.15, 0.2) is 0 Å². The number of para-hydroxylation sites is 1. The van der Waals surface area contributed by atoms with Crippen LogP contribution in [0, 0.1) is 5.92 Å². The van der Waals surface area contributed by atoms with Crippen molar-refractivity contribution in [1.82, 2.24) is 14.4 Å². The summed E-state index contributed by atoms with van der Waals surface area (Å²) in [4.78, 5) is 29.6. The van der Waals surface area contributed by atoms with E-state index in [1.807, 2.05) is 24.4 Å². The number of benzene rings is 1. The molecule has 0 aliphatic carbocycles. The van der Waals surface area contributed by atoms with Crippen LogP contribution in [0.3, 0.4) is 0 Å². The highest BCUT2D eigenvalue weighted by atomic mass is 16.4. The minimum absolute atomic E-state index is 0.103. The highest BCUT2D eigenvalue weighted by molar-refractivity contribution is 6.08. The monoisotopic (exact) mass is 367 g/mol. The molecule has 0 spiro atoms. The fourth-order valence-electron chi connectivity index (χ4n) is 5.29. The Kier molecular flexibility index (Phi) is 3.79. The maximum Gasteiger partial charge on any atom is 0.310 e. The van der Waals surface area contributed by atoms with Gasteiger partial charge in [0.1, 0.15) is 0 Å².